The van der Waals surface area contributed by atoms with E-state index in [0.717, 1.165) is 42.7 Å². The van der Waals surface area contributed by atoms with E-state index in [1.807, 2.05) is 19.1 Å². The van der Waals surface area contributed by atoms with E-state index in [9.17, 15) is 9.59 Å². The third-order valence-electron chi connectivity index (χ3n) is 4.78. The summed E-state index contributed by atoms with van der Waals surface area (Å²) in [4.78, 5) is 29.1. The summed E-state index contributed by atoms with van der Waals surface area (Å²) in [6.07, 6.45) is 4.33. The fourth-order valence-electron chi connectivity index (χ4n) is 3.46. The van der Waals surface area contributed by atoms with E-state index in [-0.39, 0.29) is 24.0 Å². The molecular formula is C21H27N3O4S. The smallest absolute Gasteiger partial charge is 0.348 e. The van der Waals surface area contributed by atoms with Gasteiger partial charge in [0.2, 0.25) is 5.91 Å². The molecule has 0 unspecified atom stereocenters. The molecule has 1 aliphatic carbocycles. The summed E-state index contributed by atoms with van der Waals surface area (Å²) in [5.74, 6) is 0.805. The van der Waals surface area contributed by atoms with Crippen molar-refractivity contribution in [1.82, 2.24) is 9.55 Å². The number of anilines is 1. The number of aliphatic hydroxyl groups is 1. The molecule has 0 radical (unpaired) electrons. The summed E-state index contributed by atoms with van der Waals surface area (Å²) in [7, 11) is 0. The summed E-state index contributed by atoms with van der Waals surface area (Å²) in [5, 5.41) is 12.6. The number of thioether (sulfide) groups is 1. The van der Waals surface area contributed by atoms with Crippen LogP contribution in [0.2, 0.25) is 0 Å². The molecule has 2 aromatic rings. The monoisotopic (exact) mass is 417 g/mol. The number of benzene rings is 1. The number of hydrogen-bond donors (Lipinski definition) is 2. The highest BCUT2D eigenvalue weighted by Gasteiger charge is 2.21. The van der Waals surface area contributed by atoms with Crippen LogP contribution in [0.25, 0.3) is 0 Å². The number of nitrogens with zero attached hydrogens (tertiary/aromatic N) is 2. The molecule has 0 aliphatic heterocycles. The molecule has 2 N–H and O–H groups in total. The van der Waals surface area contributed by atoms with E-state index in [1.165, 1.54) is 11.8 Å². The molecule has 1 aromatic heterocycles. The summed E-state index contributed by atoms with van der Waals surface area (Å²) in [6, 6.07) is 7.23. The molecule has 0 saturated heterocycles. The van der Waals surface area contributed by atoms with E-state index in [2.05, 4.69) is 10.3 Å². The van der Waals surface area contributed by atoms with Gasteiger partial charge >= 0.3 is 5.69 Å². The Hall–Kier alpha value is -2.32. The zero-order valence-corrected chi connectivity index (χ0v) is 17.5. The van der Waals surface area contributed by atoms with Crippen molar-refractivity contribution in [3.05, 3.63) is 46.0 Å². The van der Waals surface area contributed by atoms with Crippen LogP contribution >= 0.6 is 11.8 Å². The second kappa shape index (κ2) is 10.5. The van der Waals surface area contributed by atoms with Crippen LogP contribution in [0.3, 0.4) is 0 Å². The zero-order valence-electron chi connectivity index (χ0n) is 16.6. The first kappa shape index (κ1) is 21.4. The minimum Gasteiger partial charge on any atom is -0.494 e. The number of aliphatic hydroxyl groups excluding tert-OH is 1. The fraction of sp³-hybridized carbons (Fsp3) is 0.476. The SMILES string of the molecule is CCOc1ccc(NC(=O)CSc2nc(=O)n(CCCO)c3c2CCCC3)cc1. The molecule has 7 nitrogen and oxygen atoms in total. The van der Waals surface area contributed by atoms with E-state index in [1.54, 1.807) is 16.7 Å². The molecule has 1 amide bonds. The van der Waals surface area contributed by atoms with E-state index < -0.39 is 0 Å². The van der Waals surface area contributed by atoms with Gasteiger partial charge < -0.3 is 15.2 Å². The van der Waals surface area contributed by atoms with Crippen LogP contribution in [-0.4, -0.2) is 39.5 Å². The number of carbonyl (C=O) groups is 1. The van der Waals surface area contributed by atoms with Gasteiger partial charge in [-0.2, -0.15) is 4.98 Å². The highest BCUT2D eigenvalue weighted by molar-refractivity contribution is 8.00. The first-order valence-corrected chi connectivity index (χ1v) is 11.0. The molecule has 0 bridgehead atoms. The molecule has 1 aromatic carbocycles. The Morgan fingerprint density at radius 1 is 1.28 bits per heavy atom. The number of rotatable bonds is 9. The topological polar surface area (TPSA) is 93.5 Å². The van der Waals surface area contributed by atoms with Crippen LogP contribution in [0.15, 0.2) is 34.1 Å². The average Bonchev–Trinajstić information content (AvgIpc) is 2.73. The number of fused-ring (bicyclic) bond motifs is 1. The Labute approximate surface area is 174 Å². The summed E-state index contributed by atoms with van der Waals surface area (Å²) in [6.45, 7) is 3.04. The van der Waals surface area contributed by atoms with Crippen molar-refractivity contribution in [3.63, 3.8) is 0 Å². The molecule has 1 heterocycles. The van der Waals surface area contributed by atoms with Gasteiger partial charge in [0.05, 0.1) is 12.4 Å². The van der Waals surface area contributed by atoms with Crippen molar-refractivity contribution >= 4 is 23.4 Å². The second-order valence-electron chi connectivity index (χ2n) is 6.85. The van der Waals surface area contributed by atoms with Gasteiger partial charge in [-0.1, -0.05) is 11.8 Å². The van der Waals surface area contributed by atoms with E-state index in [4.69, 9.17) is 9.84 Å². The van der Waals surface area contributed by atoms with E-state index in [0.29, 0.717) is 30.3 Å². The van der Waals surface area contributed by atoms with Crippen LogP contribution in [0.1, 0.15) is 37.4 Å². The van der Waals surface area contributed by atoms with Crippen LogP contribution < -0.4 is 15.7 Å². The first-order chi connectivity index (χ1) is 14.1. The quantitative estimate of drug-likeness (QED) is 0.481. The fourth-order valence-corrected chi connectivity index (χ4v) is 4.34. The van der Waals surface area contributed by atoms with Gasteiger partial charge in [-0.25, -0.2) is 4.79 Å². The Morgan fingerprint density at radius 2 is 2.03 bits per heavy atom. The standard InChI is InChI=1S/C21H27N3O4S/c1-2-28-16-10-8-15(9-11-16)22-19(26)14-29-20-17-6-3-4-7-18(17)24(12-5-13-25)21(27)23-20/h8-11,25H,2-7,12-14H2,1H3,(H,22,26). The predicted molar refractivity (Wildman–Crippen MR) is 114 cm³/mol. The van der Waals surface area contributed by atoms with Gasteiger partial charge in [-0.3, -0.25) is 9.36 Å². The molecule has 8 heteroatoms. The lowest BCUT2D eigenvalue weighted by atomic mass is 9.97. The van der Waals surface area contributed by atoms with Crippen LogP contribution in [0, 0.1) is 0 Å². The van der Waals surface area contributed by atoms with Crippen molar-refractivity contribution in [2.45, 2.75) is 50.6 Å². The molecule has 0 fully saturated rings. The van der Waals surface area contributed by atoms with Crippen molar-refractivity contribution in [3.8, 4) is 5.75 Å². The molecular weight excluding hydrogens is 390 g/mol. The van der Waals surface area contributed by atoms with Crippen molar-refractivity contribution in [2.75, 3.05) is 24.3 Å². The molecule has 1 aliphatic rings. The summed E-state index contributed by atoms with van der Waals surface area (Å²) >= 11 is 1.31. The Kier molecular flexibility index (Phi) is 7.71. The lowest BCUT2D eigenvalue weighted by molar-refractivity contribution is -0.113. The van der Waals surface area contributed by atoms with Gasteiger partial charge in [-0.05, 0) is 63.3 Å². The van der Waals surface area contributed by atoms with Crippen LogP contribution in [-0.2, 0) is 24.2 Å². The second-order valence-corrected chi connectivity index (χ2v) is 7.82. The van der Waals surface area contributed by atoms with Crippen molar-refractivity contribution in [2.24, 2.45) is 0 Å². The lowest BCUT2D eigenvalue weighted by Gasteiger charge is -2.22. The maximum Gasteiger partial charge on any atom is 0.348 e. The Morgan fingerprint density at radius 3 is 2.76 bits per heavy atom. The van der Waals surface area contributed by atoms with E-state index >= 15 is 0 Å². The number of hydrogen-bond acceptors (Lipinski definition) is 6. The van der Waals surface area contributed by atoms with Gasteiger partial charge in [0.25, 0.3) is 0 Å². The molecule has 0 spiro atoms. The zero-order chi connectivity index (χ0) is 20.6. The Bertz CT molecular complexity index is 896. The van der Waals surface area contributed by atoms with Gasteiger partial charge in [-0.15, -0.1) is 0 Å². The molecule has 0 atom stereocenters. The summed E-state index contributed by atoms with van der Waals surface area (Å²) < 4.78 is 7.09. The number of nitrogens with one attached hydrogen (secondary N) is 1. The first-order valence-electron chi connectivity index (χ1n) is 10.0. The normalized spacial score (nSPS) is 13.0. The van der Waals surface area contributed by atoms with Crippen molar-refractivity contribution < 1.29 is 14.6 Å². The maximum absolute atomic E-state index is 12.5. The molecule has 3 rings (SSSR count). The highest BCUT2D eigenvalue weighted by Crippen LogP contribution is 2.28. The number of amides is 1. The maximum atomic E-state index is 12.5. The summed E-state index contributed by atoms with van der Waals surface area (Å²) in [5.41, 5.74) is 2.49. The highest BCUT2D eigenvalue weighted by atomic mass is 32.2. The van der Waals surface area contributed by atoms with Crippen LogP contribution in [0.5, 0.6) is 5.75 Å². The predicted octanol–water partition coefficient (Wildman–Crippen LogP) is 2.63. The average molecular weight is 418 g/mol. The van der Waals surface area contributed by atoms with Gasteiger partial charge in [0.15, 0.2) is 0 Å². The van der Waals surface area contributed by atoms with Gasteiger partial charge in [0, 0.05) is 30.1 Å². The molecule has 156 valence electrons. The number of aromatic nitrogens is 2. The molecule has 29 heavy (non-hydrogen) atoms. The Balaban J connectivity index is 1.67. The largest absolute Gasteiger partial charge is 0.494 e. The number of ether oxygens (including phenoxy) is 1. The lowest BCUT2D eigenvalue weighted by Crippen LogP contribution is -2.30. The molecule has 0 saturated carbocycles. The minimum absolute atomic E-state index is 0.0451. The third kappa shape index (κ3) is 5.61. The van der Waals surface area contributed by atoms with Crippen molar-refractivity contribution in [1.29, 1.82) is 0 Å². The third-order valence-corrected chi connectivity index (χ3v) is 5.80. The van der Waals surface area contributed by atoms with Gasteiger partial charge in [0.1, 0.15) is 10.8 Å². The number of carbonyl (C=O) groups excluding carboxylic acids is 1. The van der Waals surface area contributed by atoms with Crippen LogP contribution in [0.4, 0.5) is 5.69 Å². The minimum atomic E-state index is -0.298.